The zero-order chi connectivity index (χ0) is 16.4. The van der Waals surface area contributed by atoms with Crippen molar-refractivity contribution in [2.45, 2.75) is 40.3 Å². The van der Waals surface area contributed by atoms with E-state index in [1.807, 2.05) is 6.92 Å². The Morgan fingerprint density at radius 1 is 1.41 bits per heavy atom. The maximum absolute atomic E-state index is 12.7. The summed E-state index contributed by atoms with van der Waals surface area (Å²) in [5, 5.41) is 14.0. The predicted octanol–water partition coefficient (Wildman–Crippen LogP) is 1.69. The quantitative estimate of drug-likeness (QED) is 0.908. The lowest BCUT2D eigenvalue weighted by Crippen LogP contribution is -2.41. The van der Waals surface area contributed by atoms with Gasteiger partial charge in [0.05, 0.1) is 17.5 Å². The number of rotatable bonds is 5. The fourth-order valence-corrected chi connectivity index (χ4v) is 2.33. The van der Waals surface area contributed by atoms with E-state index in [1.165, 1.54) is 4.90 Å². The lowest BCUT2D eigenvalue weighted by atomic mass is 10.1. The zero-order valence-electron chi connectivity index (χ0n) is 13.2. The number of carboxylic acids is 1. The van der Waals surface area contributed by atoms with Crippen molar-refractivity contribution >= 4 is 22.9 Å². The van der Waals surface area contributed by atoms with Crippen LogP contribution < -0.4 is 0 Å². The highest BCUT2D eigenvalue weighted by atomic mass is 16.4. The van der Waals surface area contributed by atoms with E-state index in [-0.39, 0.29) is 18.5 Å². The molecule has 0 saturated heterocycles. The van der Waals surface area contributed by atoms with Crippen molar-refractivity contribution in [3.63, 3.8) is 0 Å². The summed E-state index contributed by atoms with van der Waals surface area (Å²) in [5.74, 6) is -1.36. The molecule has 7 nitrogen and oxygen atoms in total. The van der Waals surface area contributed by atoms with Gasteiger partial charge in [-0.2, -0.15) is 5.10 Å². The molecule has 0 bridgehead atoms. The van der Waals surface area contributed by atoms with Crippen LogP contribution in [-0.4, -0.2) is 49.2 Å². The van der Waals surface area contributed by atoms with Gasteiger partial charge in [0.15, 0.2) is 5.65 Å². The van der Waals surface area contributed by atoms with Crippen molar-refractivity contribution in [3.05, 3.63) is 23.5 Å². The first-order valence-corrected chi connectivity index (χ1v) is 7.21. The second kappa shape index (κ2) is 6.13. The Morgan fingerprint density at radius 3 is 2.64 bits per heavy atom. The topological polar surface area (TPSA) is 88.3 Å². The Bertz CT molecular complexity index is 721. The normalized spacial score (nSPS) is 11.1. The van der Waals surface area contributed by atoms with Crippen LogP contribution in [0.15, 0.2) is 12.3 Å². The first-order valence-electron chi connectivity index (χ1n) is 7.21. The van der Waals surface area contributed by atoms with E-state index in [4.69, 9.17) is 5.11 Å². The molecule has 0 unspecified atom stereocenters. The highest BCUT2D eigenvalue weighted by molar-refractivity contribution is 5.99. The second-order valence-corrected chi connectivity index (χ2v) is 5.42. The number of hydrogen-bond donors (Lipinski definition) is 1. The summed E-state index contributed by atoms with van der Waals surface area (Å²) in [6.07, 6.45) is 1.67. The van der Waals surface area contributed by atoms with Crippen LogP contribution in [0.1, 0.15) is 36.8 Å². The van der Waals surface area contributed by atoms with E-state index >= 15 is 0 Å². The molecule has 2 aromatic rings. The smallest absolute Gasteiger partial charge is 0.323 e. The zero-order valence-corrected chi connectivity index (χ0v) is 13.2. The summed E-state index contributed by atoms with van der Waals surface area (Å²) in [7, 11) is 0. The molecule has 1 N–H and O–H groups in total. The first-order chi connectivity index (χ1) is 10.3. The number of carbonyl (C=O) groups excluding carboxylic acids is 1. The Morgan fingerprint density at radius 2 is 2.09 bits per heavy atom. The standard InChI is InChI=1S/C15H20N4O3/c1-5-19-14-11(7-16-19)6-12(10(4)17-14)15(22)18(9(2)3)8-13(20)21/h6-7,9H,5,8H2,1-4H3,(H,20,21). The molecule has 118 valence electrons. The van der Waals surface area contributed by atoms with Crippen LogP contribution in [0.5, 0.6) is 0 Å². The Kier molecular flexibility index (Phi) is 4.44. The minimum absolute atomic E-state index is 0.211. The maximum atomic E-state index is 12.7. The monoisotopic (exact) mass is 304 g/mol. The number of fused-ring (bicyclic) bond motifs is 1. The fourth-order valence-electron chi connectivity index (χ4n) is 2.33. The molecule has 0 saturated carbocycles. The molecule has 22 heavy (non-hydrogen) atoms. The highest BCUT2D eigenvalue weighted by Crippen LogP contribution is 2.19. The Labute approximate surface area is 128 Å². The Hall–Kier alpha value is -2.44. The third kappa shape index (κ3) is 2.93. The molecule has 0 aliphatic carbocycles. The number of aromatic nitrogens is 3. The molecule has 0 atom stereocenters. The molecule has 1 amide bonds. The van der Waals surface area contributed by atoms with Crippen LogP contribution in [0.2, 0.25) is 0 Å². The van der Waals surface area contributed by atoms with Crippen LogP contribution in [-0.2, 0) is 11.3 Å². The third-order valence-corrected chi connectivity index (χ3v) is 3.52. The van der Waals surface area contributed by atoms with Crippen LogP contribution in [0, 0.1) is 6.92 Å². The van der Waals surface area contributed by atoms with Gasteiger partial charge < -0.3 is 10.0 Å². The lowest BCUT2D eigenvalue weighted by Gasteiger charge is -2.25. The number of carboxylic acid groups (broad SMARTS) is 1. The number of hydrogen-bond acceptors (Lipinski definition) is 4. The van der Waals surface area contributed by atoms with Crippen molar-refractivity contribution < 1.29 is 14.7 Å². The summed E-state index contributed by atoms with van der Waals surface area (Å²) in [4.78, 5) is 29.4. The van der Waals surface area contributed by atoms with Crippen molar-refractivity contribution in [1.29, 1.82) is 0 Å². The van der Waals surface area contributed by atoms with E-state index in [0.29, 0.717) is 17.8 Å². The Balaban J connectivity index is 2.46. The number of aliphatic carboxylic acids is 1. The van der Waals surface area contributed by atoms with Gasteiger partial charge in [0.1, 0.15) is 6.54 Å². The molecular formula is C15H20N4O3. The van der Waals surface area contributed by atoms with Crippen LogP contribution in [0.4, 0.5) is 0 Å². The molecule has 2 heterocycles. The average Bonchev–Trinajstić information content (AvgIpc) is 2.84. The SMILES string of the molecule is CCn1ncc2cc(C(=O)N(CC(=O)O)C(C)C)c(C)nc21. The summed E-state index contributed by atoms with van der Waals surface area (Å²) in [6, 6.07) is 1.52. The van der Waals surface area contributed by atoms with Crippen molar-refractivity contribution in [3.8, 4) is 0 Å². The summed E-state index contributed by atoms with van der Waals surface area (Å²) in [6.45, 7) is 7.66. The fraction of sp³-hybridized carbons (Fsp3) is 0.467. The highest BCUT2D eigenvalue weighted by Gasteiger charge is 2.24. The second-order valence-electron chi connectivity index (χ2n) is 5.42. The first kappa shape index (κ1) is 15.9. The molecule has 0 aliphatic heterocycles. The summed E-state index contributed by atoms with van der Waals surface area (Å²) in [5.41, 5.74) is 1.72. The van der Waals surface area contributed by atoms with Crippen LogP contribution in [0.25, 0.3) is 11.0 Å². The van der Waals surface area contributed by atoms with Gasteiger partial charge in [-0.25, -0.2) is 9.67 Å². The predicted molar refractivity (Wildman–Crippen MR) is 81.7 cm³/mol. The third-order valence-electron chi connectivity index (χ3n) is 3.52. The molecule has 2 aromatic heterocycles. The molecule has 2 rings (SSSR count). The number of amides is 1. The molecule has 0 aliphatic rings. The van der Waals surface area contributed by atoms with Gasteiger partial charge >= 0.3 is 5.97 Å². The van der Waals surface area contributed by atoms with Gasteiger partial charge in [-0.15, -0.1) is 0 Å². The van der Waals surface area contributed by atoms with E-state index in [0.717, 1.165) is 11.0 Å². The number of aryl methyl sites for hydroxylation is 2. The van der Waals surface area contributed by atoms with Crippen molar-refractivity contribution in [2.75, 3.05) is 6.54 Å². The van der Waals surface area contributed by atoms with Gasteiger partial charge in [-0.3, -0.25) is 9.59 Å². The van der Waals surface area contributed by atoms with Gasteiger partial charge in [0.2, 0.25) is 0 Å². The van der Waals surface area contributed by atoms with Gasteiger partial charge in [0, 0.05) is 18.0 Å². The number of pyridine rings is 1. The van der Waals surface area contributed by atoms with Gasteiger partial charge in [-0.1, -0.05) is 0 Å². The minimum atomic E-state index is -1.03. The van der Waals surface area contributed by atoms with E-state index in [9.17, 15) is 9.59 Å². The molecule has 0 spiro atoms. The van der Waals surface area contributed by atoms with E-state index < -0.39 is 5.97 Å². The van der Waals surface area contributed by atoms with Crippen LogP contribution >= 0.6 is 0 Å². The van der Waals surface area contributed by atoms with Crippen LogP contribution in [0.3, 0.4) is 0 Å². The van der Waals surface area contributed by atoms with Gasteiger partial charge in [0.25, 0.3) is 5.91 Å². The largest absolute Gasteiger partial charge is 0.480 e. The van der Waals surface area contributed by atoms with E-state index in [1.54, 1.807) is 37.7 Å². The maximum Gasteiger partial charge on any atom is 0.323 e. The van der Waals surface area contributed by atoms with E-state index in [2.05, 4.69) is 10.1 Å². The minimum Gasteiger partial charge on any atom is -0.480 e. The van der Waals surface area contributed by atoms with Crippen molar-refractivity contribution in [1.82, 2.24) is 19.7 Å². The molecule has 7 heteroatoms. The number of carbonyl (C=O) groups is 2. The molecule has 0 radical (unpaired) electrons. The van der Waals surface area contributed by atoms with Gasteiger partial charge in [-0.05, 0) is 33.8 Å². The average molecular weight is 304 g/mol. The number of nitrogens with zero attached hydrogens (tertiary/aromatic N) is 4. The summed E-state index contributed by atoms with van der Waals surface area (Å²) >= 11 is 0. The molecule has 0 aromatic carbocycles. The lowest BCUT2D eigenvalue weighted by molar-refractivity contribution is -0.138. The molecular weight excluding hydrogens is 284 g/mol. The summed E-state index contributed by atoms with van der Waals surface area (Å²) < 4.78 is 1.76. The molecule has 0 fully saturated rings. The van der Waals surface area contributed by atoms with Crippen molar-refractivity contribution in [2.24, 2.45) is 0 Å².